The SMILES string of the molecule is Cc1noc(-c2nc(-c3ccnc4ccccc34)nc3c2CC[C@@H]2[C@@H](C)C(=O)C(C#N)=C[C@@]32C)n1. The highest BCUT2D eigenvalue weighted by Crippen LogP contribution is 2.50. The van der Waals surface area contributed by atoms with Crippen LogP contribution in [-0.2, 0) is 16.6 Å². The third kappa shape index (κ3) is 3.12. The third-order valence-corrected chi connectivity index (χ3v) is 7.46. The average molecular weight is 463 g/mol. The van der Waals surface area contributed by atoms with Crippen LogP contribution in [0.1, 0.15) is 37.4 Å². The quantitative estimate of drug-likeness (QED) is 0.426. The smallest absolute Gasteiger partial charge is 0.276 e. The number of hydrogen-bond acceptors (Lipinski definition) is 8. The van der Waals surface area contributed by atoms with Crippen LogP contribution in [0, 0.1) is 30.1 Å². The van der Waals surface area contributed by atoms with E-state index in [1.165, 1.54) is 0 Å². The van der Waals surface area contributed by atoms with Crippen molar-refractivity contribution < 1.29 is 9.32 Å². The number of hydrogen-bond donors (Lipinski definition) is 0. The zero-order chi connectivity index (χ0) is 24.3. The van der Waals surface area contributed by atoms with Gasteiger partial charge in [0.15, 0.2) is 17.4 Å². The number of carbonyl (C=O) groups is 1. The second-order valence-electron chi connectivity index (χ2n) is 9.50. The number of Topliss-reactive ketones (excluding diaryl/α,β-unsaturated/α-hetero) is 1. The molecular weight excluding hydrogens is 440 g/mol. The average Bonchev–Trinajstić information content (AvgIpc) is 3.31. The fraction of sp³-hybridized carbons (Fsp3) is 0.296. The van der Waals surface area contributed by atoms with Crippen molar-refractivity contribution in [1.29, 1.82) is 5.26 Å². The van der Waals surface area contributed by atoms with Gasteiger partial charge >= 0.3 is 0 Å². The van der Waals surface area contributed by atoms with E-state index in [0.717, 1.165) is 34.1 Å². The van der Waals surface area contributed by atoms with E-state index >= 15 is 0 Å². The van der Waals surface area contributed by atoms with Gasteiger partial charge in [0.2, 0.25) is 0 Å². The molecule has 4 aromatic rings. The number of ketones is 1. The summed E-state index contributed by atoms with van der Waals surface area (Å²) in [4.78, 5) is 31.8. The molecule has 0 amide bonds. The number of fused-ring (bicyclic) bond motifs is 4. The number of allylic oxidation sites excluding steroid dienone is 2. The molecule has 3 atom stereocenters. The molecule has 0 bridgehead atoms. The predicted octanol–water partition coefficient (Wildman–Crippen LogP) is 4.54. The van der Waals surface area contributed by atoms with E-state index in [1.54, 1.807) is 13.1 Å². The van der Waals surface area contributed by atoms with E-state index in [4.69, 9.17) is 14.5 Å². The molecule has 2 aliphatic rings. The van der Waals surface area contributed by atoms with Crippen LogP contribution < -0.4 is 0 Å². The summed E-state index contributed by atoms with van der Waals surface area (Å²) in [7, 11) is 0. The van der Waals surface area contributed by atoms with Crippen molar-refractivity contribution in [3.63, 3.8) is 0 Å². The minimum absolute atomic E-state index is 0.0220. The van der Waals surface area contributed by atoms with Crippen LogP contribution in [0.2, 0.25) is 0 Å². The molecule has 0 saturated carbocycles. The summed E-state index contributed by atoms with van der Waals surface area (Å²) in [6, 6.07) is 11.9. The largest absolute Gasteiger partial charge is 0.332 e. The first-order valence-corrected chi connectivity index (χ1v) is 11.6. The lowest BCUT2D eigenvalue weighted by molar-refractivity contribution is -0.121. The van der Waals surface area contributed by atoms with E-state index in [-0.39, 0.29) is 23.2 Å². The lowest BCUT2D eigenvalue weighted by atomic mass is 9.57. The molecule has 0 radical (unpaired) electrons. The molecule has 0 spiro atoms. The number of aromatic nitrogens is 5. The minimum Gasteiger partial charge on any atom is -0.332 e. The van der Waals surface area contributed by atoms with Crippen LogP contribution >= 0.6 is 0 Å². The normalized spacial score (nSPS) is 23.4. The fourth-order valence-electron chi connectivity index (χ4n) is 5.75. The van der Waals surface area contributed by atoms with Crippen molar-refractivity contribution in [2.24, 2.45) is 11.8 Å². The van der Waals surface area contributed by atoms with Crippen molar-refractivity contribution in [2.45, 2.75) is 39.0 Å². The van der Waals surface area contributed by atoms with E-state index in [1.807, 2.05) is 43.3 Å². The molecule has 0 aliphatic heterocycles. The Hall–Kier alpha value is -4.25. The van der Waals surface area contributed by atoms with Gasteiger partial charge in [0.25, 0.3) is 5.89 Å². The van der Waals surface area contributed by atoms with Crippen LogP contribution in [0.5, 0.6) is 0 Å². The lowest BCUT2D eigenvalue weighted by Gasteiger charge is -2.45. The molecule has 35 heavy (non-hydrogen) atoms. The molecule has 0 unspecified atom stereocenters. The summed E-state index contributed by atoms with van der Waals surface area (Å²) in [6.07, 6.45) is 5.00. The molecule has 172 valence electrons. The van der Waals surface area contributed by atoms with Gasteiger partial charge in [-0.25, -0.2) is 9.97 Å². The number of nitrogens with zero attached hydrogens (tertiary/aromatic N) is 6. The molecule has 0 N–H and O–H groups in total. The fourth-order valence-corrected chi connectivity index (χ4v) is 5.75. The topological polar surface area (TPSA) is 118 Å². The molecule has 8 heteroatoms. The van der Waals surface area contributed by atoms with E-state index in [2.05, 4.69) is 28.1 Å². The Morgan fingerprint density at radius 1 is 1.17 bits per heavy atom. The van der Waals surface area contributed by atoms with Gasteiger partial charge in [-0.2, -0.15) is 10.2 Å². The number of benzene rings is 1. The maximum Gasteiger partial charge on any atom is 0.276 e. The van der Waals surface area contributed by atoms with Gasteiger partial charge in [-0.3, -0.25) is 9.78 Å². The predicted molar refractivity (Wildman–Crippen MR) is 128 cm³/mol. The van der Waals surface area contributed by atoms with Gasteiger partial charge in [0.1, 0.15) is 11.8 Å². The van der Waals surface area contributed by atoms with Gasteiger partial charge in [0.05, 0.1) is 16.8 Å². The first-order chi connectivity index (χ1) is 16.9. The molecule has 1 aromatic carbocycles. The molecule has 2 aliphatic carbocycles. The Labute approximate surface area is 201 Å². The number of pyridine rings is 1. The summed E-state index contributed by atoms with van der Waals surface area (Å²) >= 11 is 0. The van der Waals surface area contributed by atoms with E-state index < -0.39 is 5.41 Å². The lowest BCUT2D eigenvalue weighted by Crippen LogP contribution is -2.46. The summed E-state index contributed by atoms with van der Waals surface area (Å²) in [5, 5.41) is 14.6. The second-order valence-corrected chi connectivity index (χ2v) is 9.50. The maximum absolute atomic E-state index is 12.8. The van der Waals surface area contributed by atoms with Gasteiger partial charge in [-0.15, -0.1) is 0 Å². The monoisotopic (exact) mass is 462 g/mol. The standard InChI is InChI=1S/C27H22N6O2/c1-14-20-9-8-19-22(26-30-15(2)33-35-26)31-25(18-10-11-29-21-7-5-4-6-17(18)21)32-24(19)27(20,3)12-16(13-28)23(14)34/h4-7,10-12,14,20H,8-9H2,1-3H3/t14-,20-,27-/m1/s1. The molecule has 3 aromatic heterocycles. The zero-order valence-electron chi connectivity index (χ0n) is 19.6. The zero-order valence-corrected chi connectivity index (χ0v) is 19.6. The Balaban J connectivity index is 1.68. The number of rotatable bonds is 2. The molecule has 6 rings (SSSR count). The number of aryl methyl sites for hydroxylation is 1. The summed E-state index contributed by atoms with van der Waals surface area (Å²) < 4.78 is 5.56. The number of carbonyl (C=O) groups excluding carboxylic acids is 1. The first kappa shape index (κ1) is 21.3. The van der Waals surface area contributed by atoms with Crippen molar-refractivity contribution in [3.05, 3.63) is 65.3 Å². The molecule has 8 nitrogen and oxygen atoms in total. The van der Waals surface area contributed by atoms with E-state index in [9.17, 15) is 10.1 Å². The van der Waals surface area contributed by atoms with Crippen LogP contribution in [-0.4, -0.2) is 30.9 Å². The Morgan fingerprint density at radius 3 is 2.77 bits per heavy atom. The highest BCUT2D eigenvalue weighted by molar-refractivity contribution is 6.02. The molecule has 3 heterocycles. The molecule has 0 fully saturated rings. The van der Waals surface area contributed by atoms with E-state index in [0.29, 0.717) is 29.7 Å². The molecule has 0 saturated heterocycles. The summed E-state index contributed by atoms with van der Waals surface area (Å²) in [5.74, 6) is 1.03. The van der Waals surface area contributed by atoms with Crippen LogP contribution in [0.3, 0.4) is 0 Å². The number of nitriles is 1. The van der Waals surface area contributed by atoms with Gasteiger partial charge in [0, 0.05) is 34.0 Å². The van der Waals surface area contributed by atoms with Crippen molar-refractivity contribution >= 4 is 16.7 Å². The third-order valence-electron chi connectivity index (χ3n) is 7.46. The molecular formula is C27H22N6O2. The Kier molecular flexibility index (Phi) is 4.65. The van der Waals surface area contributed by atoms with Gasteiger partial charge < -0.3 is 4.52 Å². The first-order valence-electron chi connectivity index (χ1n) is 11.6. The van der Waals surface area contributed by atoms with Crippen LogP contribution in [0.4, 0.5) is 0 Å². The highest BCUT2D eigenvalue weighted by atomic mass is 16.5. The van der Waals surface area contributed by atoms with Crippen molar-refractivity contribution in [3.8, 4) is 29.0 Å². The van der Waals surface area contributed by atoms with Crippen LogP contribution in [0.25, 0.3) is 33.9 Å². The summed E-state index contributed by atoms with van der Waals surface area (Å²) in [5.41, 5.74) is 3.58. The highest BCUT2D eigenvalue weighted by Gasteiger charge is 2.50. The number of para-hydroxylation sites is 1. The minimum atomic E-state index is -0.615. The maximum atomic E-state index is 12.8. The van der Waals surface area contributed by atoms with Gasteiger partial charge in [-0.05, 0) is 37.8 Å². The van der Waals surface area contributed by atoms with Crippen molar-refractivity contribution in [2.75, 3.05) is 0 Å². The Bertz CT molecular complexity index is 1590. The van der Waals surface area contributed by atoms with Crippen LogP contribution in [0.15, 0.2) is 52.7 Å². The second kappa shape index (κ2) is 7.64. The van der Waals surface area contributed by atoms with Gasteiger partial charge in [-0.1, -0.05) is 43.3 Å². The summed E-state index contributed by atoms with van der Waals surface area (Å²) in [6.45, 7) is 5.76. The Morgan fingerprint density at radius 2 is 2.00 bits per heavy atom. The van der Waals surface area contributed by atoms with Crippen molar-refractivity contribution in [1.82, 2.24) is 25.1 Å².